The average molecular weight is 384 g/mol. The number of esters is 1. The fourth-order valence-electron chi connectivity index (χ4n) is 2.65. The summed E-state index contributed by atoms with van der Waals surface area (Å²) in [5, 5.41) is 5.40. The molecule has 0 aliphatic heterocycles. The van der Waals surface area contributed by atoms with E-state index < -0.39 is 24.5 Å². The highest BCUT2D eigenvalue weighted by Crippen LogP contribution is 2.18. The first-order valence-corrected chi connectivity index (χ1v) is 8.86. The molecule has 0 fully saturated rings. The number of ether oxygens (including phenoxy) is 2. The average Bonchev–Trinajstić information content (AvgIpc) is 2.70. The molecule has 0 aliphatic rings. The van der Waals surface area contributed by atoms with E-state index in [1.807, 2.05) is 48.5 Å². The zero-order chi connectivity index (χ0) is 20.4. The van der Waals surface area contributed by atoms with Gasteiger partial charge in [0.1, 0.15) is 5.75 Å². The van der Waals surface area contributed by atoms with E-state index in [0.29, 0.717) is 5.75 Å². The number of carbonyl (C=O) groups is 3. The van der Waals surface area contributed by atoms with Crippen LogP contribution in [0.5, 0.6) is 5.75 Å². The first-order chi connectivity index (χ1) is 13.5. The molecule has 2 N–H and O–H groups in total. The zero-order valence-electron chi connectivity index (χ0n) is 15.9. The van der Waals surface area contributed by atoms with Crippen molar-refractivity contribution in [2.45, 2.75) is 25.9 Å². The molecule has 0 saturated carbocycles. The van der Waals surface area contributed by atoms with E-state index in [0.717, 1.165) is 11.1 Å². The van der Waals surface area contributed by atoms with Gasteiger partial charge in [-0.2, -0.15) is 0 Å². The molecular formula is C21H24N2O5. The summed E-state index contributed by atoms with van der Waals surface area (Å²) >= 11 is 0. The molecule has 0 heterocycles. The topological polar surface area (TPSA) is 93.7 Å². The van der Waals surface area contributed by atoms with E-state index in [4.69, 9.17) is 9.47 Å². The minimum Gasteiger partial charge on any atom is -0.496 e. The van der Waals surface area contributed by atoms with E-state index in [9.17, 15) is 14.4 Å². The number of benzene rings is 2. The van der Waals surface area contributed by atoms with Gasteiger partial charge in [0, 0.05) is 19.0 Å². The van der Waals surface area contributed by atoms with Gasteiger partial charge in [0.05, 0.1) is 19.6 Å². The number of para-hydroxylation sites is 1. The summed E-state index contributed by atoms with van der Waals surface area (Å²) in [6, 6.07) is 15.9. The lowest BCUT2D eigenvalue weighted by Crippen LogP contribution is -2.31. The molecule has 148 valence electrons. The van der Waals surface area contributed by atoms with Crippen molar-refractivity contribution in [1.29, 1.82) is 0 Å². The largest absolute Gasteiger partial charge is 0.496 e. The summed E-state index contributed by atoms with van der Waals surface area (Å²) in [5.41, 5.74) is 1.61. The molecule has 0 aliphatic carbocycles. The molecule has 0 saturated heterocycles. The molecule has 2 amide bonds. The Kier molecular flexibility index (Phi) is 8.02. The second kappa shape index (κ2) is 10.7. The number of amides is 2. The quantitative estimate of drug-likeness (QED) is 0.646. The lowest BCUT2D eigenvalue weighted by Gasteiger charge is -2.17. The van der Waals surface area contributed by atoms with Crippen LogP contribution in [0.4, 0.5) is 0 Å². The molecule has 0 aromatic heterocycles. The maximum absolute atomic E-state index is 12.1. The van der Waals surface area contributed by atoms with Crippen LogP contribution in [0.15, 0.2) is 54.6 Å². The van der Waals surface area contributed by atoms with Crippen LogP contribution >= 0.6 is 0 Å². The third kappa shape index (κ3) is 6.75. The van der Waals surface area contributed by atoms with Gasteiger partial charge in [-0.15, -0.1) is 0 Å². The predicted molar refractivity (Wildman–Crippen MR) is 103 cm³/mol. The van der Waals surface area contributed by atoms with E-state index in [-0.39, 0.29) is 18.9 Å². The molecule has 0 spiro atoms. The fraction of sp³-hybridized carbons (Fsp3) is 0.286. The van der Waals surface area contributed by atoms with Crippen LogP contribution in [-0.2, 0) is 25.7 Å². The van der Waals surface area contributed by atoms with Crippen molar-refractivity contribution < 1.29 is 23.9 Å². The Morgan fingerprint density at radius 1 is 1.00 bits per heavy atom. The van der Waals surface area contributed by atoms with E-state index in [1.54, 1.807) is 13.2 Å². The van der Waals surface area contributed by atoms with Crippen molar-refractivity contribution in [2.75, 3.05) is 13.7 Å². The third-order valence-electron chi connectivity index (χ3n) is 3.98. The maximum Gasteiger partial charge on any atom is 0.308 e. The summed E-state index contributed by atoms with van der Waals surface area (Å²) in [7, 11) is 1.56. The summed E-state index contributed by atoms with van der Waals surface area (Å²) in [6.45, 7) is 1.25. The van der Waals surface area contributed by atoms with E-state index in [2.05, 4.69) is 10.6 Å². The molecule has 0 bridgehead atoms. The normalized spacial score (nSPS) is 11.2. The number of hydrogen-bond donors (Lipinski definition) is 2. The maximum atomic E-state index is 12.1. The van der Waals surface area contributed by atoms with E-state index in [1.165, 1.54) is 6.92 Å². The summed E-state index contributed by atoms with van der Waals surface area (Å²) in [5.74, 6) is -0.581. The van der Waals surface area contributed by atoms with Gasteiger partial charge in [0.15, 0.2) is 6.61 Å². The number of rotatable bonds is 9. The minimum atomic E-state index is -0.574. The first kappa shape index (κ1) is 21.0. The van der Waals surface area contributed by atoms with Gasteiger partial charge in [0.25, 0.3) is 5.91 Å². The van der Waals surface area contributed by atoms with Gasteiger partial charge in [-0.3, -0.25) is 14.4 Å². The Morgan fingerprint density at radius 3 is 2.36 bits per heavy atom. The summed E-state index contributed by atoms with van der Waals surface area (Å²) in [4.78, 5) is 35.5. The third-order valence-corrected chi connectivity index (χ3v) is 3.98. The Labute approximate surface area is 164 Å². The lowest BCUT2D eigenvalue weighted by molar-refractivity contribution is -0.149. The van der Waals surface area contributed by atoms with Gasteiger partial charge in [-0.25, -0.2) is 0 Å². The number of hydrogen-bond acceptors (Lipinski definition) is 5. The second-order valence-corrected chi connectivity index (χ2v) is 6.12. The Hall–Kier alpha value is -3.35. The molecule has 0 radical (unpaired) electrons. The monoisotopic (exact) mass is 384 g/mol. The van der Waals surface area contributed by atoms with Crippen molar-refractivity contribution >= 4 is 17.8 Å². The molecule has 0 unspecified atom stereocenters. The molecular weight excluding hydrogens is 360 g/mol. The molecule has 1 atom stereocenters. The van der Waals surface area contributed by atoms with Crippen LogP contribution in [0.3, 0.4) is 0 Å². The van der Waals surface area contributed by atoms with Crippen LogP contribution in [0.2, 0.25) is 0 Å². The fourth-order valence-corrected chi connectivity index (χ4v) is 2.65. The van der Waals surface area contributed by atoms with Crippen LogP contribution in [0.1, 0.15) is 30.5 Å². The van der Waals surface area contributed by atoms with Gasteiger partial charge < -0.3 is 20.1 Å². The van der Waals surface area contributed by atoms with Crippen LogP contribution < -0.4 is 15.4 Å². The second-order valence-electron chi connectivity index (χ2n) is 6.12. The van der Waals surface area contributed by atoms with Gasteiger partial charge in [-0.1, -0.05) is 48.5 Å². The van der Waals surface area contributed by atoms with Gasteiger partial charge in [0.2, 0.25) is 5.91 Å². The van der Waals surface area contributed by atoms with Crippen LogP contribution in [0, 0.1) is 0 Å². The van der Waals surface area contributed by atoms with Gasteiger partial charge in [-0.05, 0) is 11.6 Å². The Bertz CT molecular complexity index is 807. The van der Waals surface area contributed by atoms with Crippen molar-refractivity contribution in [2.24, 2.45) is 0 Å². The van der Waals surface area contributed by atoms with Crippen molar-refractivity contribution in [1.82, 2.24) is 10.6 Å². The summed E-state index contributed by atoms with van der Waals surface area (Å²) in [6.07, 6.45) is -0.0661. The molecule has 2 aromatic carbocycles. The van der Waals surface area contributed by atoms with E-state index >= 15 is 0 Å². The molecule has 2 rings (SSSR count). The standard InChI is InChI=1S/C21H24N2O5/c1-15(24)23-18(16-8-4-3-5-9-16)12-21(26)28-14-20(25)22-13-17-10-6-7-11-19(17)27-2/h3-11,18H,12-14H2,1-2H3,(H,22,25)(H,23,24)/t18-/m0/s1. The predicted octanol–water partition coefficient (Wildman–Crippen LogP) is 2.12. The number of nitrogens with one attached hydrogen (secondary N) is 2. The molecule has 28 heavy (non-hydrogen) atoms. The highest BCUT2D eigenvalue weighted by Gasteiger charge is 2.18. The van der Waals surface area contributed by atoms with Crippen molar-refractivity contribution in [3.05, 3.63) is 65.7 Å². The molecule has 2 aromatic rings. The smallest absolute Gasteiger partial charge is 0.308 e. The summed E-state index contributed by atoms with van der Waals surface area (Å²) < 4.78 is 10.3. The Morgan fingerprint density at radius 2 is 1.68 bits per heavy atom. The zero-order valence-corrected chi connectivity index (χ0v) is 15.9. The first-order valence-electron chi connectivity index (χ1n) is 8.86. The Balaban J connectivity index is 1.83. The highest BCUT2D eigenvalue weighted by atomic mass is 16.5. The molecule has 7 nitrogen and oxygen atoms in total. The minimum absolute atomic E-state index is 0.0661. The van der Waals surface area contributed by atoms with Crippen LogP contribution in [0.25, 0.3) is 0 Å². The number of methoxy groups -OCH3 is 1. The molecule has 7 heteroatoms. The van der Waals surface area contributed by atoms with Crippen LogP contribution in [-0.4, -0.2) is 31.5 Å². The lowest BCUT2D eigenvalue weighted by atomic mass is 10.0. The SMILES string of the molecule is COc1ccccc1CNC(=O)COC(=O)C[C@H](NC(C)=O)c1ccccc1. The van der Waals surface area contributed by atoms with Crippen molar-refractivity contribution in [3.8, 4) is 5.75 Å². The van der Waals surface area contributed by atoms with Crippen molar-refractivity contribution in [3.63, 3.8) is 0 Å². The van der Waals surface area contributed by atoms with Gasteiger partial charge >= 0.3 is 5.97 Å². The highest BCUT2D eigenvalue weighted by molar-refractivity contribution is 5.81. The number of carbonyl (C=O) groups excluding carboxylic acids is 3.